The largest absolute Gasteiger partial charge is 0.445 e. The maximum Gasteiger partial charge on any atom is 0.407 e. The van der Waals surface area contributed by atoms with Crippen LogP contribution in [0.4, 0.5) is 4.79 Å². The van der Waals surface area contributed by atoms with Crippen LogP contribution < -0.4 is 5.32 Å². The Morgan fingerprint density at radius 2 is 2.04 bits per heavy atom. The van der Waals surface area contributed by atoms with Gasteiger partial charge in [0.25, 0.3) is 0 Å². The van der Waals surface area contributed by atoms with Crippen molar-refractivity contribution in [2.75, 3.05) is 6.61 Å². The third-order valence-corrected chi connectivity index (χ3v) is 3.99. The predicted octanol–water partition coefficient (Wildman–Crippen LogP) is 3.58. The van der Waals surface area contributed by atoms with Gasteiger partial charge in [-0.25, -0.2) is 4.79 Å². The van der Waals surface area contributed by atoms with Gasteiger partial charge in [-0.05, 0) is 46.1 Å². The summed E-state index contributed by atoms with van der Waals surface area (Å²) < 4.78 is 11.3. The van der Waals surface area contributed by atoms with Crippen LogP contribution in [-0.2, 0) is 9.47 Å². The first-order valence-corrected chi connectivity index (χ1v) is 8.75. The molecular formula is C19H33NO4. The van der Waals surface area contributed by atoms with Crippen molar-refractivity contribution in [2.24, 2.45) is 5.92 Å². The Kier molecular flexibility index (Phi) is 7.97. The third kappa shape index (κ3) is 7.05. The lowest BCUT2D eigenvalue weighted by Crippen LogP contribution is -2.45. The summed E-state index contributed by atoms with van der Waals surface area (Å²) in [6, 6.07) is -0.244. The molecule has 5 heteroatoms. The second kappa shape index (κ2) is 9.23. The number of hydrogen-bond donors (Lipinski definition) is 2. The minimum Gasteiger partial charge on any atom is -0.445 e. The number of ether oxygens (including phenoxy) is 2. The Bertz CT molecular complexity index is 464. The lowest BCUT2D eigenvalue weighted by Gasteiger charge is -2.31. The molecule has 4 atom stereocenters. The molecule has 138 valence electrons. The van der Waals surface area contributed by atoms with E-state index in [4.69, 9.17) is 9.47 Å². The highest BCUT2D eigenvalue weighted by Gasteiger charge is 2.43. The summed E-state index contributed by atoms with van der Waals surface area (Å²) in [6.07, 6.45) is 6.20. The van der Waals surface area contributed by atoms with Crippen molar-refractivity contribution in [3.8, 4) is 0 Å². The molecule has 1 aliphatic rings. The molecule has 0 saturated heterocycles. The van der Waals surface area contributed by atoms with Crippen LogP contribution in [0, 0.1) is 5.92 Å². The first kappa shape index (κ1) is 20.7. The molecule has 0 bridgehead atoms. The van der Waals surface area contributed by atoms with Gasteiger partial charge in [0.15, 0.2) is 0 Å². The highest BCUT2D eigenvalue weighted by atomic mass is 16.6. The Morgan fingerprint density at radius 1 is 1.38 bits per heavy atom. The van der Waals surface area contributed by atoms with E-state index in [9.17, 15) is 9.90 Å². The fourth-order valence-electron chi connectivity index (χ4n) is 2.72. The van der Waals surface area contributed by atoms with Gasteiger partial charge in [0.05, 0.1) is 23.9 Å². The Balaban J connectivity index is 2.55. The lowest BCUT2D eigenvalue weighted by atomic mass is 10.0. The average Bonchev–Trinajstić information content (AvgIpc) is 2.71. The summed E-state index contributed by atoms with van der Waals surface area (Å²) in [7, 11) is 0. The number of amides is 1. The lowest BCUT2D eigenvalue weighted by molar-refractivity contribution is -0.0890. The van der Waals surface area contributed by atoms with E-state index in [0.717, 1.165) is 12.0 Å². The second-order valence-corrected chi connectivity index (χ2v) is 7.53. The second-order valence-electron chi connectivity index (χ2n) is 7.53. The number of hydrogen-bond acceptors (Lipinski definition) is 4. The van der Waals surface area contributed by atoms with Gasteiger partial charge in [-0.2, -0.15) is 0 Å². The van der Waals surface area contributed by atoms with Gasteiger partial charge >= 0.3 is 6.09 Å². The van der Waals surface area contributed by atoms with Gasteiger partial charge in [0.1, 0.15) is 6.61 Å². The van der Waals surface area contributed by atoms with Gasteiger partial charge < -0.3 is 19.9 Å². The topological polar surface area (TPSA) is 67.8 Å². The van der Waals surface area contributed by atoms with Gasteiger partial charge in [-0.3, -0.25) is 0 Å². The summed E-state index contributed by atoms with van der Waals surface area (Å²) in [5.74, 6) is -0.0321. The fraction of sp³-hybridized carbons (Fsp3) is 0.737. The molecular weight excluding hydrogens is 306 g/mol. The number of rotatable bonds is 6. The van der Waals surface area contributed by atoms with Gasteiger partial charge in [-0.1, -0.05) is 32.1 Å². The summed E-state index contributed by atoms with van der Waals surface area (Å²) in [4.78, 5) is 12.0. The van der Waals surface area contributed by atoms with E-state index >= 15 is 0 Å². The standard InChI is InChI=1S/C19H33NO4/c1-7-8-9-10-13(2)12-23-18(22)20-15-11-16(21)14(3)17(15)24-19(4,5)6/h8-10,14-17,21H,7,11-12H2,1-6H3,(H,20,22)/b9-8-,13-10+/t14-,15-,16+,17-/m1/s1. The molecule has 24 heavy (non-hydrogen) atoms. The van der Waals surface area contributed by atoms with Crippen LogP contribution in [0.5, 0.6) is 0 Å². The molecule has 0 radical (unpaired) electrons. The molecule has 0 aromatic heterocycles. The van der Waals surface area contributed by atoms with Gasteiger partial charge in [-0.15, -0.1) is 0 Å². The zero-order chi connectivity index (χ0) is 18.3. The van der Waals surface area contributed by atoms with Crippen molar-refractivity contribution in [1.82, 2.24) is 5.32 Å². The molecule has 5 nitrogen and oxygen atoms in total. The van der Waals surface area contributed by atoms with E-state index in [1.54, 1.807) is 0 Å². The molecule has 1 fully saturated rings. The average molecular weight is 339 g/mol. The van der Waals surface area contributed by atoms with Crippen molar-refractivity contribution in [3.63, 3.8) is 0 Å². The Hall–Kier alpha value is -1.33. The Morgan fingerprint density at radius 3 is 2.62 bits per heavy atom. The van der Waals surface area contributed by atoms with Crippen LogP contribution in [0.25, 0.3) is 0 Å². The number of nitrogens with one attached hydrogen (secondary N) is 1. The highest BCUT2D eigenvalue weighted by Crippen LogP contribution is 2.32. The van der Waals surface area contributed by atoms with E-state index in [0.29, 0.717) is 6.42 Å². The van der Waals surface area contributed by atoms with Crippen molar-refractivity contribution in [1.29, 1.82) is 0 Å². The van der Waals surface area contributed by atoms with E-state index in [2.05, 4.69) is 12.2 Å². The van der Waals surface area contributed by atoms with Crippen LogP contribution >= 0.6 is 0 Å². The smallest absolute Gasteiger partial charge is 0.407 e. The highest BCUT2D eigenvalue weighted by molar-refractivity contribution is 5.68. The predicted molar refractivity (Wildman–Crippen MR) is 95.9 cm³/mol. The van der Waals surface area contributed by atoms with Crippen LogP contribution in [0.3, 0.4) is 0 Å². The van der Waals surface area contributed by atoms with Crippen LogP contribution in [0.15, 0.2) is 23.8 Å². The summed E-state index contributed by atoms with van der Waals surface area (Å²) >= 11 is 0. The summed E-state index contributed by atoms with van der Waals surface area (Å²) in [6.45, 7) is 12.1. The first-order chi connectivity index (χ1) is 11.1. The summed E-state index contributed by atoms with van der Waals surface area (Å²) in [5, 5.41) is 12.9. The number of allylic oxidation sites excluding steroid dienone is 3. The fourth-order valence-corrected chi connectivity index (χ4v) is 2.72. The van der Waals surface area contributed by atoms with E-state index in [1.165, 1.54) is 0 Å². The molecule has 0 aromatic carbocycles. The molecule has 0 unspecified atom stereocenters. The molecule has 0 aromatic rings. The number of aliphatic hydroxyl groups is 1. The first-order valence-electron chi connectivity index (χ1n) is 8.75. The van der Waals surface area contributed by atoms with E-state index in [-0.39, 0.29) is 30.3 Å². The normalized spacial score (nSPS) is 28.4. The minimum atomic E-state index is -0.483. The molecule has 0 aliphatic heterocycles. The van der Waals surface area contributed by atoms with Crippen molar-refractivity contribution in [2.45, 2.75) is 78.2 Å². The summed E-state index contributed by atoms with van der Waals surface area (Å²) in [5.41, 5.74) is 0.634. The van der Waals surface area contributed by atoms with Gasteiger partial charge in [0.2, 0.25) is 0 Å². The quantitative estimate of drug-likeness (QED) is 0.726. The number of carbonyl (C=O) groups excluding carboxylic acids is 1. The van der Waals surface area contributed by atoms with Crippen molar-refractivity contribution in [3.05, 3.63) is 23.8 Å². The maximum absolute atomic E-state index is 12.0. The molecule has 0 heterocycles. The number of carbonyl (C=O) groups is 1. The molecule has 1 rings (SSSR count). The third-order valence-electron chi connectivity index (χ3n) is 3.99. The molecule has 1 saturated carbocycles. The van der Waals surface area contributed by atoms with Crippen LogP contribution in [-0.4, -0.2) is 41.7 Å². The zero-order valence-electron chi connectivity index (χ0n) is 15.8. The van der Waals surface area contributed by atoms with Crippen LogP contribution in [0.2, 0.25) is 0 Å². The molecule has 0 spiro atoms. The molecule has 1 amide bonds. The molecule has 1 aliphatic carbocycles. The minimum absolute atomic E-state index is 0.0321. The van der Waals surface area contributed by atoms with Crippen LogP contribution in [0.1, 0.15) is 54.4 Å². The maximum atomic E-state index is 12.0. The van der Waals surface area contributed by atoms with Gasteiger partial charge in [0, 0.05) is 5.92 Å². The Labute approximate surface area is 146 Å². The zero-order valence-corrected chi connectivity index (χ0v) is 15.8. The van der Waals surface area contributed by atoms with E-state index in [1.807, 2.05) is 52.8 Å². The monoisotopic (exact) mass is 339 g/mol. The number of aliphatic hydroxyl groups excluding tert-OH is 1. The van der Waals surface area contributed by atoms with E-state index < -0.39 is 12.2 Å². The van der Waals surface area contributed by atoms with Crippen molar-refractivity contribution < 1.29 is 19.4 Å². The van der Waals surface area contributed by atoms with Crippen molar-refractivity contribution >= 4 is 6.09 Å². The number of alkyl carbamates (subject to hydrolysis) is 1. The SMILES string of the molecule is CC/C=C\C=C(/C)COC(=O)N[C@@H]1C[C@H](O)[C@@H](C)[C@H]1OC(C)(C)C. The molecule has 2 N–H and O–H groups in total.